The molecule has 4 saturated carbocycles. The van der Waals surface area contributed by atoms with Crippen molar-refractivity contribution in [2.45, 2.75) is 130 Å². The fourth-order valence-corrected chi connectivity index (χ4v) is 12.2. The highest BCUT2D eigenvalue weighted by Crippen LogP contribution is 2.76. The van der Waals surface area contributed by atoms with Crippen molar-refractivity contribution in [2.75, 3.05) is 7.11 Å². The van der Waals surface area contributed by atoms with E-state index in [0.717, 1.165) is 68.3 Å². The van der Waals surface area contributed by atoms with Gasteiger partial charge in [-0.2, -0.15) is 0 Å². The molecule has 232 valence electrons. The number of ketones is 1. The fraction of sp³-hybridized carbons (Fsp3) is 0.763. The van der Waals surface area contributed by atoms with Crippen molar-refractivity contribution in [2.24, 2.45) is 45.3 Å². The topological polar surface area (TPSA) is 55.8 Å². The Morgan fingerprint density at radius 1 is 0.881 bits per heavy atom. The lowest BCUT2D eigenvalue weighted by atomic mass is 9.35. The Kier molecular flexibility index (Phi) is 7.00. The molecular formula is C38H56O4. The standard InChI is InChI=1S/C38H56O4/c1-33(2)17-10-18-38(8,42-33)27-15-19-37(7)31(27)28(39)22-30-35(5)23-25(21-24-11-13-26(41-9)14-12-24)32(40)34(3,4)29(35)16-20-36(30,37)6/h11-14,21,27-31,39H,10,15-20,22-23H2,1-9H3/b25-21-/t27?,28-,29?,30?,31?,35+,36-,37-,38-/m1/s1. The van der Waals surface area contributed by atoms with Crippen LogP contribution in [0.4, 0.5) is 0 Å². The molecule has 1 N–H and O–H groups in total. The van der Waals surface area contributed by atoms with Crippen LogP contribution in [0.5, 0.6) is 5.75 Å². The summed E-state index contributed by atoms with van der Waals surface area (Å²) in [5.74, 6) is 2.44. The summed E-state index contributed by atoms with van der Waals surface area (Å²) in [4.78, 5) is 14.1. The molecule has 0 bridgehead atoms. The number of rotatable bonds is 3. The van der Waals surface area contributed by atoms with Crippen molar-refractivity contribution in [1.29, 1.82) is 0 Å². The first kappa shape index (κ1) is 30.4. The molecule has 0 amide bonds. The minimum Gasteiger partial charge on any atom is -0.497 e. The van der Waals surface area contributed by atoms with E-state index in [0.29, 0.717) is 23.5 Å². The molecule has 4 aliphatic carbocycles. The first-order chi connectivity index (χ1) is 19.5. The third-order valence-electron chi connectivity index (χ3n) is 14.2. The Bertz CT molecular complexity index is 1260. The van der Waals surface area contributed by atoms with E-state index in [4.69, 9.17) is 9.47 Å². The summed E-state index contributed by atoms with van der Waals surface area (Å²) < 4.78 is 12.3. The maximum Gasteiger partial charge on any atom is 0.164 e. The van der Waals surface area contributed by atoms with Gasteiger partial charge in [-0.1, -0.05) is 46.8 Å². The number of allylic oxidation sites excluding steroid dienone is 1. The Morgan fingerprint density at radius 2 is 1.55 bits per heavy atom. The molecular weight excluding hydrogens is 520 g/mol. The predicted octanol–water partition coefficient (Wildman–Crippen LogP) is 8.65. The molecule has 1 heterocycles. The van der Waals surface area contributed by atoms with E-state index < -0.39 is 5.41 Å². The van der Waals surface area contributed by atoms with Crippen LogP contribution in [0.1, 0.15) is 119 Å². The van der Waals surface area contributed by atoms with Gasteiger partial charge in [0.05, 0.1) is 24.4 Å². The van der Waals surface area contributed by atoms with Gasteiger partial charge in [0.2, 0.25) is 0 Å². The third kappa shape index (κ3) is 4.24. The summed E-state index contributed by atoms with van der Waals surface area (Å²) in [7, 11) is 1.68. The molecule has 0 radical (unpaired) electrons. The molecule has 0 aromatic heterocycles. The molecule has 4 heteroatoms. The second kappa shape index (κ2) is 9.67. The van der Waals surface area contributed by atoms with Gasteiger partial charge in [-0.05, 0) is 148 Å². The molecule has 1 aliphatic heterocycles. The highest BCUT2D eigenvalue weighted by Gasteiger charge is 2.72. The van der Waals surface area contributed by atoms with E-state index in [2.05, 4.69) is 73.6 Å². The lowest BCUT2D eigenvalue weighted by Gasteiger charge is -2.70. The summed E-state index contributed by atoms with van der Waals surface area (Å²) in [6, 6.07) is 8.05. The number of carbonyl (C=O) groups is 1. The normalized spacial score (nSPS) is 47.0. The maximum atomic E-state index is 14.1. The molecule has 0 spiro atoms. The van der Waals surface area contributed by atoms with Crippen LogP contribution in [0.2, 0.25) is 0 Å². The van der Waals surface area contributed by atoms with Crippen LogP contribution >= 0.6 is 0 Å². The number of methoxy groups -OCH3 is 1. The third-order valence-corrected chi connectivity index (χ3v) is 14.2. The summed E-state index contributed by atoms with van der Waals surface area (Å²) in [5, 5.41) is 12.2. The number of hydrogen-bond donors (Lipinski definition) is 1. The van der Waals surface area contributed by atoms with Gasteiger partial charge in [0.15, 0.2) is 5.78 Å². The molecule has 1 saturated heterocycles. The molecule has 5 aliphatic rings. The van der Waals surface area contributed by atoms with Gasteiger partial charge in [0, 0.05) is 5.41 Å². The predicted molar refractivity (Wildman–Crippen MR) is 169 cm³/mol. The van der Waals surface area contributed by atoms with Crippen LogP contribution in [0.3, 0.4) is 0 Å². The van der Waals surface area contributed by atoms with Crippen molar-refractivity contribution < 1.29 is 19.4 Å². The van der Waals surface area contributed by atoms with E-state index in [1.165, 1.54) is 6.42 Å². The largest absolute Gasteiger partial charge is 0.497 e. The Hall–Kier alpha value is -1.65. The van der Waals surface area contributed by atoms with Crippen LogP contribution in [-0.2, 0) is 9.53 Å². The van der Waals surface area contributed by atoms with Gasteiger partial charge >= 0.3 is 0 Å². The van der Waals surface area contributed by atoms with Gasteiger partial charge in [-0.3, -0.25) is 4.79 Å². The van der Waals surface area contributed by atoms with Crippen LogP contribution in [0, 0.1) is 45.3 Å². The number of aliphatic hydroxyl groups is 1. The SMILES string of the molecule is COc1ccc(/C=C2/C[C@@]3(C)C(CC[C@]4(C)C3C[C@@H](O)C3C([C@@]5(C)CCCC(C)(C)O5)CC[C@]34C)C(C)(C)C2=O)cc1. The fourth-order valence-electron chi connectivity index (χ4n) is 12.2. The van der Waals surface area contributed by atoms with E-state index in [9.17, 15) is 9.90 Å². The molecule has 42 heavy (non-hydrogen) atoms. The van der Waals surface area contributed by atoms with E-state index >= 15 is 0 Å². The number of carbonyl (C=O) groups excluding carboxylic acids is 1. The van der Waals surface area contributed by atoms with Crippen LogP contribution < -0.4 is 4.74 Å². The summed E-state index contributed by atoms with van der Waals surface area (Å²) in [5.41, 5.74) is 1.40. The van der Waals surface area contributed by atoms with Gasteiger partial charge < -0.3 is 14.6 Å². The average Bonchev–Trinajstić information content (AvgIpc) is 3.29. The number of fused-ring (bicyclic) bond motifs is 5. The number of ether oxygens (including phenoxy) is 2. The first-order valence-corrected chi connectivity index (χ1v) is 16.8. The van der Waals surface area contributed by atoms with E-state index in [-0.39, 0.29) is 39.5 Å². The van der Waals surface area contributed by atoms with E-state index in [1.54, 1.807) is 7.11 Å². The summed E-state index contributed by atoms with van der Waals surface area (Å²) in [6.07, 6.45) is 11.3. The monoisotopic (exact) mass is 576 g/mol. The Labute approximate surface area is 255 Å². The van der Waals surface area contributed by atoms with E-state index in [1.807, 2.05) is 12.1 Å². The van der Waals surface area contributed by atoms with Crippen LogP contribution in [-0.4, -0.2) is 35.3 Å². The van der Waals surface area contributed by atoms with Crippen molar-refractivity contribution in [1.82, 2.24) is 0 Å². The lowest BCUT2D eigenvalue weighted by molar-refractivity contribution is -0.245. The zero-order chi connectivity index (χ0) is 30.5. The minimum absolute atomic E-state index is 0.0490. The Morgan fingerprint density at radius 3 is 2.19 bits per heavy atom. The highest BCUT2D eigenvalue weighted by atomic mass is 16.5. The van der Waals surface area contributed by atoms with Gasteiger partial charge in [0.1, 0.15) is 5.75 Å². The first-order valence-electron chi connectivity index (χ1n) is 16.8. The molecule has 6 rings (SSSR count). The lowest BCUT2D eigenvalue weighted by Crippen LogP contribution is -2.66. The molecule has 9 atom stereocenters. The molecule has 1 aromatic rings. The molecule has 5 fully saturated rings. The van der Waals surface area contributed by atoms with Crippen LogP contribution in [0.25, 0.3) is 6.08 Å². The Balaban J connectivity index is 1.37. The van der Waals surface area contributed by atoms with Gasteiger partial charge in [-0.25, -0.2) is 0 Å². The highest BCUT2D eigenvalue weighted by molar-refractivity contribution is 6.04. The number of benzene rings is 1. The second-order valence-corrected chi connectivity index (χ2v) is 17.2. The molecule has 1 aromatic carbocycles. The van der Waals surface area contributed by atoms with Crippen molar-refractivity contribution in [3.8, 4) is 5.75 Å². The van der Waals surface area contributed by atoms with Crippen LogP contribution in [0.15, 0.2) is 29.8 Å². The number of Topliss-reactive ketones (excluding diaryl/α,β-unsaturated/α-hetero) is 1. The van der Waals surface area contributed by atoms with Gasteiger partial charge in [-0.15, -0.1) is 0 Å². The van der Waals surface area contributed by atoms with Gasteiger partial charge in [0.25, 0.3) is 0 Å². The summed E-state index contributed by atoms with van der Waals surface area (Å²) in [6.45, 7) is 18.8. The molecule has 4 nitrogen and oxygen atoms in total. The molecule has 4 unspecified atom stereocenters. The zero-order valence-corrected chi connectivity index (χ0v) is 27.8. The number of hydrogen-bond acceptors (Lipinski definition) is 4. The maximum absolute atomic E-state index is 14.1. The van der Waals surface area contributed by atoms with Crippen molar-refractivity contribution in [3.63, 3.8) is 0 Å². The number of aliphatic hydroxyl groups excluding tert-OH is 1. The van der Waals surface area contributed by atoms with Crippen molar-refractivity contribution in [3.05, 3.63) is 35.4 Å². The smallest absolute Gasteiger partial charge is 0.164 e. The second-order valence-electron chi connectivity index (χ2n) is 17.2. The zero-order valence-electron chi connectivity index (χ0n) is 27.8. The quantitative estimate of drug-likeness (QED) is 0.366. The summed E-state index contributed by atoms with van der Waals surface area (Å²) >= 11 is 0. The van der Waals surface area contributed by atoms with Crippen molar-refractivity contribution >= 4 is 11.9 Å². The minimum atomic E-state index is -0.428. The average molecular weight is 577 g/mol.